The van der Waals surface area contributed by atoms with Gasteiger partial charge in [-0.05, 0) is 32.0 Å². The van der Waals surface area contributed by atoms with Gasteiger partial charge in [-0.1, -0.05) is 0 Å². The van der Waals surface area contributed by atoms with Crippen molar-refractivity contribution in [1.82, 2.24) is 9.88 Å². The number of carbonyl (C=O) groups excluding carboxylic acids is 1. The summed E-state index contributed by atoms with van der Waals surface area (Å²) in [5, 5.41) is 0. The van der Waals surface area contributed by atoms with Gasteiger partial charge in [-0.3, -0.25) is 4.79 Å². The molecule has 5 nitrogen and oxygen atoms in total. The number of nitrogens with zero attached hydrogens (tertiary/aromatic N) is 1. The van der Waals surface area contributed by atoms with Crippen molar-refractivity contribution in [2.24, 2.45) is 0 Å². The first-order valence-electron chi connectivity index (χ1n) is 7.33. The fraction of sp³-hybridized carbons (Fsp3) is 0.714. The van der Waals surface area contributed by atoms with Crippen LogP contribution in [0.4, 0.5) is 0 Å². The maximum atomic E-state index is 12.5. The van der Waals surface area contributed by atoms with Gasteiger partial charge in [0.25, 0.3) is 0 Å². The third kappa shape index (κ3) is 3.53. The van der Waals surface area contributed by atoms with Gasteiger partial charge in [0.15, 0.2) is 3.95 Å². The molecule has 2 aliphatic rings. The topological polar surface area (TPSA) is 54.6 Å². The maximum Gasteiger partial charge on any atom is 0.228 e. The van der Waals surface area contributed by atoms with Crippen LogP contribution in [0.15, 0.2) is 0 Å². The third-order valence-electron chi connectivity index (χ3n) is 4.06. The number of aryl methyl sites for hydroxylation is 1. The highest BCUT2D eigenvalue weighted by Crippen LogP contribution is 2.22. The molecule has 0 saturated carbocycles. The zero-order valence-corrected chi connectivity index (χ0v) is 13.7. The number of ether oxygens (including phenoxy) is 2. The van der Waals surface area contributed by atoms with E-state index in [4.69, 9.17) is 21.7 Å². The molecule has 0 spiro atoms. The van der Waals surface area contributed by atoms with Gasteiger partial charge in [-0.2, -0.15) is 0 Å². The van der Waals surface area contributed by atoms with Crippen LogP contribution in [0, 0.1) is 10.9 Å². The number of H-pyrrole nitrogens is 1. The number of nitrogens with one attached hydrogen (secondary N) is 1. The van der Waals surface area contributed by atoms with Gasteiger partial charge in [-0.25, -0.2) is 0 Å². The normalized spacial score (nSPS) is 26.2. The number of rotatable bonds is 3. The van der Waals surface area contributed by atoms with E-state index >= 15 is 0 Å². The molecule has 0 bridgehead atoms. The lowest BCUT2D eigenvalue weighted by Crippen LogP contribution is -2.50. The fourth-order valence-electron chi connectivity index (χ4n) is 2.88. The lowest BCUT2D eigenvalue weighted by atomic mass is 10.1. The second kappa shape index (κ2) is 6.56. The summed E-state index contributed by atoms with van der Waals surface area (Å²) >= 11 is 6.61. The smallest absolute Gasteiger partial charge is 0.228 e. The van der Waals surface area contributed by atoms with Crippen molar-refractivity contribution < 1.29 is 14.3 Å². The van der Waals surface area contributed by atoms with Crippen molar-refractivity contribution in [2.45, 2.75) is 38.4 Å². The van der Waals surface area contributed by atoms with Crippen molar-refractivity contribution in [3.8, 4) is 0 Å². The van der Waals surface area contributed by atoms with Gasteiger partial charge in [0.05, 0.1) is 19.1 Å². The van der Waals surface area contributed by atoms with Gasteiger partial charge in [-0.15, -0.1) is 11.3 Å². The second-order valence-corrected chi connectivity index (χ2v) is 7.31. The van der Waals surface area contributed by atoms with E-state index in [-0.39, 0.29) is 18.1 Å². The van der Waals surface area contributed by atoms with Crippen LogP contribution >= 0.6 is 23.6 Å². The van der Waals surface area contributed by atoms with Crippen LogP contribution in [0.25, 0.3) is 0 Å². The van der Waals surface area contributed by atoms with E-state index in [1.54, 1.807) is 0 Å². The lowest BCUT2D eigenvalue weighted by Gasteiger charge is -2.35. The van der Waals surface area contributed by atoms with Crippen LogP contribution in [0.2, 0.25) is 0 Å². The third-order valence-corrected chi connectivity index (χ3v) is 5.40. The zero-order valence-electron chi connectivity index (χ0n) is 12.1. The molecule has 2 aliphatic heterocycles. The molecule has 0 aliphatic carbocycles. The molecular weight excluding hydrogens is 308 g/mol. The number of hydrogen-bond donors (Lipinski definition) is 1. The van der Waals surface area contributed by atoms with Crippen molar-refractivity contribution in [3.05, 3.63) is 14.5 Å². The van der Waals surface area contributed by atoms with Gasteiger partial charge >= 0.3 is 0 Å². The van der Waals surface area contributed by atoms with Crippen molar-refractivity contribution in [1.29, 1.82) is 0 Å². The molecule has 2 fully saturated rings. The zero-order chi connectivity index (χ0) is 14.8. The van der Waals surface area contributed by atoms with Crippen LogP contribution in [0.5, 0.6) is 0 Å². The largest absolute Gasteiger partial charge is 0.375 e. The molecule has 1 aromatic heterocycles. The Bertz CT molecular complexity index is 563. The van der Waals surface area contributed by atoms with Crippen LogP contribution in [0.3, 0.4) is 0 Å². The first kappa shape index (κ1) is 15.1. The van der Waals surface area contributed by atoms with Gasteiger partial charge in [0.2, 0.25) is 5.91 Å². The number of aromatic amines is 1. The summed E-state index contributed by atoms with van der Waals surface area (Å²) in [6.45, 7) is 4.67. The Morgan fingerprint density at radius 2 is 2.24 bits per heavy atom. The predicted octanol–water partition coefficient (Wildman–Crippen LogP) is 2.06. The van der Waals surface area contributed by atoms with Crippen LogP contribution in [0.1, 0.15) is 23.4 Å². The number of aromatic nitrogens is 1. The minimum atomic E-state index is 0.0238. The highest BCUT2D eigenvalue weighted by molar-refractivity contribution is 7.73. The van der Waals surface area contributed by atoms with Crippen molar-refractivity contribution in [3.63, 3.8) is 0 Å². The Hall–Kier alpha value is -0.760. The molecule has 2 atom stereocenters. The number of carbonyl (C=O) groups is 1. The molecular formula is C14H20N2O3S2. The standard InChI is InChI=1S/C14H20N2O3S2/c1-9-12(21-14(20)15-9)7-13(17)16-4-6-19-11(8-16)10-3-2-5-18-10/h10-11H,2-8H2,1H3,(H,15,20)/t10-,11+/m0/s1. The predicted molar refractivity (Wildman–Crippen MR) is 83.2 cm³/mol. The summed E-state index contributed by atoms with van der Waals surface area (Å²) in [7, 11) is 0. The van der Waals surface area contributed by atoms with E-state index < -0.39 is 0 Å². The summed E-state index contributed by atoms with van der Waals surface area (Å²) in [6.07, 6.45) is 2.71. The highest BCUT2D eigenvalue weighted by Gasteiger charge is 2.32. The first-order chi connectivity index (χ1) is 10.1. The van der Waals surface area contributed by atoms with E-state index in [1.807, 2.05) is 11.8 Å². The quantitative estimate of drug-likeness (QED) is 0.863. The summed E-state index contributed by atoms with van der Waals surface area (Å²) in [5.74, 6) is 0.148. The lowest BCUT2D eigenvalue weighted by molar-refractivity contribution is -0.144. The molecule has 1 amide bonds. The molecule has 1 N–H and O–H groups in total. The monoisotopic (exact) mass is 328 g/mol. The van der Waals surface area contributed by atoms with E-state index in [0.717, 1.165) is 34.0 Å². The highest BCUT2D eigenvalue weighted by atomic mass is 32.1. The average molecular weight is 328 g/mol. The minimum Gasteiger partial charge on any atom is -0.375 e. The first-order valence-corrected chi connectivity index (χ1v) is 8.55. The molecule has 116 valence electrons. The molecule has 7 heteroatoms. The summed E-state index contributed by atoms with van der Waals surface area (Å²) in [5.41, 5.74) is 1.00. The molecule has 0 aromatic carbocycles. The van der Waals surface area contributed by atoms with E-state index in [2.05, 4.69) is 4.98 Å². The van der Waals surface area contributed by atoms with Gasteiger partial charge in [0, 0.05) is 30.3 Å². The molecule has 3 rings (SSSR count). The Kier molecular flexibility index (Phi) is 4.73. The summed E-state index contributed by atoms with van der Waals surface area (Å²) in [6, 6.07) is 0. The maximum absolute atomic E-state index is 12.5. The fourth-order valence-corrected chi connectivity index (χ4v) is 4.16. The Morgan fingerprint density at radius 1 is 1.43 bits per heavy atom. The minimum absolute atomic E-state index is 0.0238. The van der Waals surface area contributed by atoms with E-state index in [9.17, 15) is 4.79 Å². The summed E-state index contributed by atoms with van der Waals surface area (Å²) < 4.78 is 12.2. The Balaban J connectivity index is 1.61. The van der Waals surface area contributed by atoms with Crippen LogP contribution in [-0.2, 0) is 20.7 Å². The summed E-state index contributed by atoms with van der Waals surface area (Å²) in [4.78, 5) is 18.5. The SMILES string of the molecule is Cc1[nH]c(=S)sc1CC(=O)N1CCO[C@@H]([C@@H]2CCCO2)C1. The number of hydrogen-bond acceptors (Lipinski definition) is 5. The van der Waals surface area contributed by atoms with Gasteiger partial charge in [0.1, 0.15) is 6.10 Å². The molecule has 0 unspecified atom stereocenters. The molecule has 3 heterocycles. The Labute approximate surface area is 133 Å². The van der Waals surface area contributed by atoms with Crippen LogP contribution in [-0.4, -0.2) is 54.3 Å². The second-order valence-electron chi connectivity index (χ2n) is 5.54. The molecule has 21 heavy (non-hydrogen) atoms. The molecule has 0 radical (unpaired) electrons. The number of morpholine rings is 1. The number of thiazole rings is 1. The average Bonchev–Trinajstić information content (AvgIpc) is 3.09. The van der Waals surface area contributed by atoms with Crippen molar-refractivity contribution >= 4 is 29.5 Å². The van der Waals surface area contributed by atoms with Gasteiger partial charge < -0.3 is 19.4 Å². The van der Waals surface area contributed by atoms with Crippen LogP contribution < -0.4 is 0 Å². The number of amides is 1. The van der Waals surface area contributed by atoms with E-state index in [0.29, 0.717) is 26.1 Å². The van der Waals surface area contributed by atoms with Crippen molar-refractivity contribution in [2.75, 3.05) is 26.3 Å². The van der Waals surface area contributed by atoms with E-state index in [1.165, 1.54) is 11.3 Å². The Morgan fingerprint density at radius 3 is 2.90 bits per heavy atom. The molecule has 2 saturated heterocycles. The molecule has 1 aromatic rings.